The van der Waals surface area contributed by atoms with E-state index in [9.17, 15) is 9.90 Å². The van der Waals surface area contributed by atoms with Crippen molar-refractivity contribution in [1.82, 2.24) is 0 Å². The molecule has 3 rings (SSSR count). The molecule has 1 aliphatic carbocycles. The smallest absolute Gasteiger partial charge is 0.314 e. The second-order valence-corrected chi connectivity index (χ2v) is 6.10. The molecule has 1 aromatic rings. The van der Waals surface area contributed by atoms with Gasteiger partial charge < -0.3 is 14.6 Å². The second-order valence-electron chi connectivity index (χ2n) is 4.86. The molecule has 0 unspecified atom stereocenters. The van der Waals surface area contributed by atoms with Crippen molar-refractivity contribution >= 4 is 28.6 Å². The lowest BCUT2D eigenvalue weighted by molar-refractivity contribution is -0.243. The van der Waals surface area contributed by atoms with Gasteiger partial charge in [0.1, 0.15) is 5.41 Å². The normalized spacial score (nSPS) is 23.8. The predicted molar refractivity (Wildman–Crippen MR) is 72.3 cm³/mol. The van der Waals surface area contributed by atoms with Gasteiger partial charge in [0.2, 0.25) is 0 Å². The SMILES string of the molecule is O=C(O)C1(c2ccc(I)cc2)CC2(C1)OCCO2. The van der Waals surface area contributed by atoms with Crippen molar-refractivity contribution in [3.05, 3.63) is 33.4 Å². The maximum atomic E-state index is 11.6. The van der Waals surface area contributed by atoms with Gasteiger partial charge in [0, 0.05) is 16.4 Å². The van der Waals surface area contributed by atoms with E-state index in [4.69, 9.17) is 9.47 Å². The van der Waals surface area contributed by atoms with Crippen LogP contribution < -0.4 is 0 Å². The number of ether oxygens (including phenoxy) is 2. The van der Waals surface area contributed by atoms with Crippen LogP contribution in [0.2, 0.25) is 0 Å². The third kappa shape index (κ3) is 1.76. The van der Waals surface area contributed by atoms with Crippen LogP contribution in [-0.4, -0.2) is 30.1 Å². The summed E-state index contributed by atoms with van der Waals surface area (Å²) < 4.78 is 12.2. The highest BCUT2D eigenvalue weighted by Crippen LogP contribution is 2.54. The Bertz CT molecular complexity index is 468. The molecule has 0 amide bonds. The number of hydrogen-bond donors (Lipinski definition) is 1. The zero-order valence-corrected chi connectivity index (χ0v) is 11.8. The number of hydrogen-bond acceptors (Lipinski definition) is 3. The number of carboxylic acids is 1. The summed E-state index contributed by atoms with van der Waals surface area (Å²) in [5.41, 5.74) is -0.0190. The van der Waals surface area contributed by atoms with Gasteiger partial charge in [0.05, 0.1) is 13.2 Å². The molecule has 1 saturated carbocycles. The minimum Gasteiger partial charge on any atom is -0.481 e. The van der Waals surface area contributed by atoms with Gasteiger partial charge in [-0.2, -0.15) is 0 Å². The fourth-order valence-corrected chi connectivity index (χ4v) is 3.18. The van der Waals surface area contributed by atoms with E-state index in [-0.39, 0.29) is 0 Å². The van der Waals surface area contributed by atoms with E-state index in [2.05, 4.69) is 22.6 Å². The summed E-state index contributed by atoms with van der Waals surface area (Å²) in [5, 5.41) is 9.54. The zero-order valence-electron chi connectivity index (χ0n) is 9.69. The van der Waals surface area contributed by atoms with Crippen molar-refractivity contribution in [2.24, 2.45) is 0 Å². The van der Waals surface area contributed by atoms with E-state index in [1.54, 1.807) is 0 Å². The first-order valence-corrected chi connectivity index (χ1v) is 6.92. The van der Waals surface area contributed by atoms with Crippen LogP contribution in [0.3, 0.4) is 0 Å². The van der Waals surface area contributed by atoms with Crippen LogP contribution in [0.25, 0.3) is 0 Å². The topological polar surface area (TPSA) is 55.8 Å². The third-order valence-corrected chi connectivity index (χ3v) is 4.48. The summed E-state index contributed by atoms with van der Waals surface area (Å²) in [4.78, 5) is 11.6. The van der Waals surface area contributed by atoms with E-state index >= 15 is 0 Å². The van der Waals surface area contributed by atoms with Crippen molar-refractivity contribution < 1.29 is 19.4 Å². The summed E-state index contributed by atoms with van der Waals surface area (Å²) in [7, 11) is 0. The lowest BCUT2D eigenvalue weighted by atomic mass is 9.60. The first kappa shape index (κ1) is 12.4. The van der Waals surface area contributed by atoms with E-state index in [0.29, 0.717) is 26.1 Å². The van der Waals surface area contributed by atoms with Gasteiger partial charge in [-0.3, -0.25) is 4.79 Å². The Kier molecular flexibility index (Phi) is 2.87. The van der Waals surface area contributed by atoms with Crippen molar-refractivity contribution in [1.29, 1.82) is 0 Å². The molecule has 1 saturated heterocycles. The van der Waals surface area contributed by atoms with Crippen molar-refractivity contribution in [2.45, 2.75) is 24.0 Å². The van der Waals surface area contributed by atoms with Crippen LogP contribution in [0.5, 0.6) is 0 Å². The minimum atomic E-state index is -0.852. The molecule has 0 radical (unpaired) electrons. The van der Waals surface area contributed by atoms with Crippen LogP contribution in [0.15, 0.2) is 24.3 Å². The van der Waals surface area contributed by atoms with Crippen molar-refractivity contribution in [2.75, 3.05) is 13.2 Å². The molecule has 1 spiro atoms. The molecule has 4 nitrogen and oxygen atoms in total. The maximum absolute atomic E-state index is 11.6. The molecule has 96 valence electrons. The molecular weight excluding hydrogens is 347 g/mol. The Morgan fingerprint density at radius 2 is 1.72 bits per heavy atom. The van der Waals surface area contributed by atoms with Gasteiger partial charge >= 0.3 is 5.97 Å². The number of halogens is 1. The van der Waals surface area contributed by atoms with E-state index in [1.807, 2.05) is 24.3 Å². The largest absolute Gasteiger partial charge is 0.481 e. The fraction of sp³-hybridized carbons (Fsp3) is 0.462. The van der Waals surface area contributed by atoms with Gasteiger partial charge in [0.25, 0.3) is 0 Å². The van der Waals surface area contributed by atoms with Gasteiger partial charge in [-0.1, -0.05) is 12.1 Å². The molecule has 2 aliphatic rings. The lowest BCUT2D eigenvalue weighted by Gasteiger charge is -2.50. The summed E-state index contributed by atoms with van der Waals surface area (Å²) in [6, 6.07) is 7.64. The van der Waals surface area contributed by atoms with Crippen molar-refractivity contribution in [3.8, 4) is 0 Å². The lowest BCUT2D eigenvalue weighted by Crippen LogP contribution is -2.59. The number of aliphatic carboxylic acids is 1. The Balaban J connectivity index is 1.90. The maximum Gasteiger partial charge on any atom is 0.314 e. The van der Waals surface area contributed by atoms with Crippen molar-refractivity contribution in [3.63, 3.8) is 0 Å². The summed E-state index contributed by atoms with van der Waals surface area (Å²) in [6.45, 7) is 1.12. The Morgan fingerprint density at radius 3 is 2.22 bits per heavy atom. The molecular formula is C13H13IO4. The van der Waals surface area contributed by atoms with Crippen LogP contribution in [-0.2, 0) is 19.7 Å². The molecule has 5 heteroatoms. The molecule has 0 bridgehead atoms. The Morgan fingerprint density at radius 1 is 1.17 bits per heavy atom. The minimum absolute atomic E-state index is 0.399. The Hall–Kier alpha value is -0.660. The van der Waals surface area contributed by atoms with E-state index in [1.165, 1.54) is 0 Å². The average molecular weight is 360 g/mol. The van der Waals surface area contributed by atoms with Crippen LogP contribution >= 0.6 is 22.6 Å². The monoisotopic (exact) mass is 360 g/mol. The highest BCUT2D eigenvalue weighted by molar-refractivity contribution is 14.1. The molecule has 18 heavy (non-hydrogen) atoms. The molecule has 1 aromatic carbocycles. The number of benzene rings is 1. The highest BCUT2D eigenvalue weighted by atomic mass is 127. The van der Waals surface area contributed by atoms with Gasteiger partial charge in [0.15, 0.2) is 5.79 Å². The quantitative estimate of drug-likeness (QED) is 0.822. The number of carbonyl (C=O) groups is 1. The molecule has 1 N–H and O–H groups in total. The van der Waals surface area contributed by atoms with Crippen LogP contribution in [0.1, 0.15) is 18.4 Å². The summed E-state index contributed by atoms with van der Waals surface area (Å²) >= 11 is 2.21. The highest BCUT2D eigenvalue weighted by Gasteiger charge is 2.63. The van der Waals surface area contributed by atoms with Gasteiger partial charge in [-0.15, -0.1) is 0 Å². The third-order valence-electron chi connectivity index (χ3n) is 3.76. The average Bonchev–Trinajstić information content (AvgIpc) is 2.76. The first-order valence-electron chi connectivity index (χ1n) is 5.84. The van der Waals surface area contributed by atoms with E-state index in [0.717, 1.165) is 9.13 Å². The summed E-state index contributed by atoms with van der Waals surface area (Å²) in [5.74, 6) is -1.45. The van der Waals surface area contributed by atoms with Gasteiger partial charge in [-0.25, -0.2) is 0 Å². The molecule has 0 aromatic heterocycles. The molecule has 0 atom stereocenters. The Labute approximate surface area is 118 Å². The van der Waals surface area contributed by atoms with Crippen LogP contribution in [0, 0.1) is 3.57 Å². The molecule has 2 fully saturated rings. The number of carboxylic acid groups (broad SMARTS) is 1. The predicted octanol–water partition coefficient (Wildman–Crippen LogP) is 2.15. The number of rotatable bonds is 2. The summed E-state index contributed by atoms with van der Waals surface area (Å²) in [6.07, 6.45) is 0.797. The van der Waals surface area contributed by atoms with Gasteiger partial charge in [-0.05, 0) is 40.3 Å². The standard InChI is InChI=1S/C13H13IO4/c14-10-3-1-9(2-4-10)12(11(15)16)7-13(8-12)17-5-6-18-13/h1-4H,5-8H2,(H,15,16). The van der Waals surface area contributed by atoms with E-state index < -0.39 is 17.2 Å². The second kappa shape index (κ2) is 4.18. The molecule has 1 aliphatic heterocycles. The zero-order chi connectivity index (χ0) is 12.8. The fourth-order valence-electron chi connectivity index (χ4n) is 2.82. The van der Waals surface area contributed by atoms with Crippen LogP contribution in [0.4, 0.5) is 0 Å². The molecule has 1 heterocycles. The first-order chi connectivity index (χ1) is 8.56.